The van der Waals surface area contributed by atoms with Crippen molar-refractivity contribution in [1.29, 1.82) is 0 Å². The van der Waals surface area contributed by atoms with Gasteiger partial charge in [0, 0.05) is 0 Å². The summed E-state index contributed by atoms with van der Waals surface area (Å²) in [7, 11) is 0. The first kappa shape index (κ1) is 7.74. The first-order valence-corrected chi connectivity index (χ1v) is 4.24. The normalized spacial score (nSPS) is 22.0. The molecule has 0 saturated carbocycles. The van der Waals surface area contributed by atoms with Crippen LogP contribution in [0.5, 0.6) is 0 Å². The van der Waals surface area contributed by atoms with E-state index in [1.807, 2.05) is 6.07 Å². The molecule has 0 saturated heterocycles. The second-order valence-corrected chi connectivity index (χ2v) is 3.22. The Morgan fingerprint density at radius 2 is 2.25 bits per heavy atom. The number of aliphatic hydroxyl groups excluding tert-OH is 1. The van der Waals surface area contributed by atoms with E-state index in [1.54, 1.807) is 6.07 Å². The van der Waals surface area contributed by atoms with E-state index in [4.69, 9.17) is 0 Å². The van der Waals surface area contributed by atoms with Crippen LogP contribution in [0.1, 0.15) is 30.1 Å². The highest BCUT2D eigenvalue weighted by molar-refractivity contribution is 5.32. The zero-order valence-electron chi connectivity index (χ0n) is 6.76. The van der Waals surface area contributed by atoms with Crippen LogP contribution in [-0.2, 0) is 6.42 Å². The molecule has 2 rings (SSSR count). The molecule has 1 nitrogen and oxygen atoms in total. The predicted molar refractivity (Wildman–Crippen MR) is 44.3 cm³/mol. The highest BCUT2D eigenvalue weighted by Crippen LogP contribution is 2.30. The number of hydrogen-bond acceptors (Lipinski definition) is 1. The lowest BCUT2D eigenvalue weighted by atomic mass is 9.89. The molecule has 1 N–H and O–H groups in total. The Labute approximate surface area is 70.8 Å². The van der Waals surface area contributed by atoms with E-state index in [9.17, 15) is 9.50 Å². The van der Waals surface area contributed by atoms with Crippen molar-refractivity contribution in [3.63, 3.8) is 0 Å². The van der Waals surface area contributed by atoms with Gasteiger partial charge >= 0.3 is 0 Å². The highest BCUT2D eigenvalue weighted by atomic mass is 19.1. The second kappa shape index (κ2) is 2.87. The van der Waals surface area contributed by atoms with E-state index in [0.717, 1.165) is 24.8 Å². The van der Waals surface area contributed by atoms with Crippen LogP contribution >= 0.6 is 0 Å². The lowest BCUT2D eigenvalue weighted by Gasteiger charge is -2.21. The van der Waals surface area contributed by atoms with E-state index in [1.165, 1.54) is 6.07 Å². The predicted octanol–water partition coefficient (Wildman–Crippen LogP) is 2.20. The molecule has 0 heterocycles. The van der Waals surface area contributed by atoms with E-state index in [0.29, 0.717) is 5.56 Å². The molecule has 0 aromatic heterocycles. The van der Waals surface area contributed by atoms with Gasteiger partial charge in [-0.2, -0.15) is 0 Å². The Bertz CT molecular complexity index is 296. The van der Waals surface area contributed by atoms with Gasteiger partial charge in [-0.25, -0.2) is 4.39 Å². The van der Waals surface area contributed by atoms with Gasteiger partial charge in [-0.1, -0.05) is 12.1 Å². The molecule has 1 unspecified atom stereocenters. The van der Waals surface area contributed by atoms with Crippen molar-refractivity contribution < 1.29 is 9.50 Å². The third-order valence-corrected chi connectivity index (χ3v) is 2.42. The largest absolute Gasteiger partial charge is 0.388 e. The van der Waals surface area contributed by atoms with Crippen LogP contribution < -0.4 is 0 Å². The van der Waals surface area contributed by atoms with Gasteiger partial charge in [-0.15, -0.1) is 0 Å². The zero-order valence-corrected chi connectivity index (χ0v) is 6.76. The quantitative estimate of drug-likeness (QED) is 0.626. The molecule has 0 aliphatic heterocycles. The van der Waals surface area contributed by atoms with Crippen LogP contribution in [0.3, 0.4) is 0 Å². The summed E-state index contributed by atoms with van der Waals surface area (Å²) in [4.78, 5) is 0. The van der Waals surface area contributed by atoms with Crippen LogP contribution in [-0.4, -0.2) is 5.11 Å². The fourth-order valence-electron chi connectivity index (χ4n) is 1.78. The van der Waals surface area contributed by atoms with E-state index in [2.05, 4.69) is 0 Å². The molecule has 2 heteroatoms. The first-order chi connectivity index (χ1) is 5.79. The minimum Gasteiger partial charge on any atom is -0.388 e. The lowest BCUT2D eigenvalue weighted by Crippen LogP contribution is -2.10. The van der Waals surface area contributed by atoms with Crippen molar-refractivity contribution in [3.05, 3.63) is 35.1 Å². The minimum atomic E-state index is -0.454. The van der Waals surface area contributed by atoms with E-state index < -0.39 is 6.10 Å². The summed E-state index contributed by atoms with van der Waals surface area (Å²) in [5.41, 5.74) is 1.48. The third kappa shape index (κ3) is 1.12. The molecule has 64 valence electrons. The van der Waals surface area contributed by atoms with E-state index in [-0.39, 0.29) is 5.82 Å². The monoisotopic (exact) mass is 166 g/mol. The van der Waals surface area contributed by atoms with Gasteiger partial charge < -0.3 is 5.11 Å². The number of aliphatic hydroxyl groups is 1. The van der Waals surface area contributed by atoms with Crippen LogP contribution in [0.25, 0.3) is 0 Å². The fraction of sp³-hybridized carbons (Fsp3) is 0.400. The van der Waals surface area contributed by atoms with Gasteiger partial charge in [0.05, 0.1) is 6.10 Å². The maximum absolute atomic E-state index is 13.1. The van der Waals surface area contributed by atoms with Crippen LogP contribution in [0.2, 0.25) is 0 Å². The zero-order chi connectivity index (χ0) is 8.55. The summed E-state index contributed by atoms with van der Waals surface area (Å²) in [6, 6.07) is 4.92. The van der Waals surface area contributed by atoms with Gasteiger partial charge in [0.15, 0.2) is 0 Å². The molecule has 0 radical (unpaired) electrons. The lowest BCUT2D eigenvalue weighted by molar-refractivity contribution is 0.155. The maximum atomic E-state index is 13.1. The molecule has 1 aromatic rings. The van der Waals surface area contributed by atoms with Gasteiger partial charge in [0.2, 0.25) is 0 Å². The molecular formula is C10H11FO. The van der Waals surface area contributed by atoms with Crippen molar-refractivity contribution in [2.24, 2.45) is 0 Å². The standard InChI is InChI=1S/C10H11FO/c11-9-5-1-4-8-7(9)3-2-6-10(8)12/h1,4-5,10,12H,2-3,6H2. The molecule has 12 heavy (non-hydrogen) atoms. The smallest absolute Gasteiger partial charge is 0.126 e. The Hall–Kier alpha value is -0.890. The molecule has 1 aliphatic rings. The highest BCUT2D eigenvalue weighted by Gasteiger charge is 2.19. The molecule has 0 amide bonds. The molecule has 0 bridgehead atoms. The van der Waals surface area contributed by atoms with Crippen molar-refractivity contribution in [2.75, 3.05) is 0 Å². The third-order valence-electron chi connectivity index (χ3n) is 2.42. The van der Waals surface area contributed by atoms with Gasteiger partial charge in [-0.05, 0) is 36.5 Å². The van der Waals surface area contributed by atoms with Gasteiger partial charge in [-0.3, -0.25) is 0 Å². The minimum absolute atomic E-state index is 0.175. The Morgan fingerprint density at radius 3 is 3.00 bits per heavy atom. The van der Waals surface area contributed by atoms with Crippen molar-refractivity contribution in [2.45, 2.75) is 25.4 Å². The van der Waals surface area contributed by atoms with Gasteiger partial charge in [0.25, 0.3) is 0 Å². The average molecular weight is 166 g/mol. The summed E-state index contributed by atoms with van der Waals surface area (Å²) in [6.45, 7) is 0. The van der Waals surface area contributed by atoms with Gasteiger partial charge in [0.1, 0.15) is 5.82 Å². The molecule has 1 aliphatic carbocycles. The second-order valence-electron chi connectivity index (χ2n) is 3.22. The number of hydrogen-bond donors (Lipinski definition) is 1. The summed E-state index contributed by atoms with van der Waals surface area (Å²) in [5.74, 6) is -0.175. The summed E-state index contributed by atoms with van der Waals surface area (Å²) < 4.78 is 13.1. The molecule has 1 aromatic carbocycles. The molecular weight excluding hydrogens is 155 g/mol. The maximum Gasteiger partial charge on any atom is 0.126 e. The van der Waals surface area contributed by atoms with Crippen molar-refractivity contribution in [3.8, 4) is 0 Å². The Balaban J connectivity index is 2.52. The molecule has 0 spiro atoms. The Morgan fingerprint density at radius 1 is 1.42 bits per heavy atom. The summed E-state index contributed by atoms with van der Waals surface area (Å²) in [6.07, 6.45) is 1.95. The van der Waals surface area contributed by atoms with Crippen LogP contribution in [0, 0.1) is 5.82 Å². The Kier molecular flexibility index (Phi) is 1.85. The molecule has 0 fully saturated rings. The summed E-state index contributed by atoms with van der Waals surface area (Å²) >= 11 is 0. The number of rotatable bonds is 0. The first-order valence-electron chi connectivity index (χ1n) is 4.24. The van der Waals surface area contributed by atoms with Crippen molar-refractivity contribution in [1.82, 2.24) is 0 Å². The van der Waals surface area contributed by atoms with Crippen molar-refractivity contribution >= 4 is 0 Å². The summed E-state index contributed by atoms with van der Waals surface area (Å²) in [5, 5.41) is 9.52. The van der Waals surface area contributed by atoms with Crippen LogP contribution in [0.15, 0.2) is 18.2 Å². The fourth-order valence-corrected chi connectivity index (χ4v) is 1.78. The van der Waals surface area contributed by atoms with E-state index >= 15 is 0 Å². The average Bonchev–Trinajstić information content (AvgIpc) is 2.07. The number of benzene rings is 1. The number of fused-ring (bicyclic) bond motifs is 1. The molecule has 1 atom stereocenters. The number of halogens is 1. The topological polar surface area (TPSA) is 20.2 Å². The van der Waals surface area contributed by atoms with Crippen LogP contribution in [0.4, 0.5) is 4.39 Å². The SMILES string of the molecule is OC1CCCc2c(F)cccc21.